The molecule has 84 valence electrons. The Morgan fingerprint density at radius 3 is 2.00 bits per heavy atom. The van der Waals surface area contributed by atoms with Crippen LogP contribution in [0.2, 0.25) is 0 Å². The van der Waals surface area contributed by atoms with E-state index >= 15 is 0 Å². The van der Waals surface area contributed by atoms with E-state index in [0.29, 0.717) is 6.47 Å². The minimum atomic E-state index is 0.132. The van der Waals surface area contributed by atoms with Crippen LogP contribution in [0, 0.1) is 0 Å². The van der Waals surface area contributed by atoms with Crippen molar-refractivity contribution in [2.75, 3.05) is 5.73 Å². The van der Waals surface area contributed by atoms with Crippen molar-refractivity contribution in [3.05, 3.63) is 30.3 Å². The van der Waals surface area contributed by atoms with E-state index in [-0.39, 0.29) is 6.10 Å². The summed E-state index contributed by atoms with van der Waals surface area (Å²) in [5.74, 6) is 0. The van der Waals surface area contributed by atoms with Crippen molar-refractivity contribution in [2.45, 2.75) is 32.8 Å². The predicted octanol–water partition coefficient (Wildman–Crippen LogP) is 2.62. The fraction of sp³-hybridized carbons (Fsp3) is 0.417. The third-order valence-corrected chi connectivity index (χ3v) is 1.96. The number of ether oxygens (including phenoxy) is 1. The average molecular weight is 209 g/mol. The molecule has 2 N–H and O–H groups in total. The Labute approximate surface area is 91.2 Å². The van der Waals surface area contributed by atoms with Gasteiger partial charge in [0.15, 0.2) is 0 Å². The molecule has 3 heteroatoms. The van der Waals surface area contributed by atoms with Crippen LogP contribution in [0.4, 0.5) is 5.69 Å². The number of hydrogen-bond donors (Lipinski definition) is 1. The highest BCUT2D eigenvalue weighted by Gasteiger charge is 1.99. The van der Waals surface area contributed by atoms with Crippen molar-refractivity contribution in [3.63, 3.8) is 0 Å². The number of carbonyl (C=O) groups excluding carboxylic acids is 1. The first-order chi connectivity index (χ1) is 7.24. The molecule has 0 unspecified atom stereocenters. The first-order valence-electron chi connectivity index (χ1n) is 5.14. The molecule has 0 aliphatic rings. The van der Waals surface area contributed by atoms with E-state index in [1.807, 2.05) is 44.2 Å². The summed E-state index contributed by atoms with van der Waals surface area (Å²) in [5.41, 5.74) is 6.18. The summed E-state index contributed by atoms with van der Waals surface area (Å²) >= 11 is 0. The molecular weight excluding hydrogens is 190 g/mol. The summed E-state index contributed by atoms with van der Waals surface area (Å²) in [6.45, 7) is 4.51. The topological polar surface area (TPSA) is 52.3 Å². The summed E-state index contributed by atoms with van der Waals surface area (Å²) in [6, 6.07) is 9.49. The van der Waals surface area contributed by atoms with Crippen LogP contribution in [0.1, 0.15) is 26.7 Å². The van der Waals surface area contributed by atoms with E-state index in [2.05, 4.69) is 4.74 Å². The monoisotopic (exact) mass is 209 g/mol. The van der Waals surface area contributed by atoms with Gasteiger partial charge in [-0.1, -0.05) is 32.0 Å². The van der Waals surface area contributed by atoms with Crippen LogP contribution in [0.5, 0.6) is 0 Å². The first-order valence-corrected chi connectivity index (χ1v) is 5.14. The largest absolute Gasteiger partial charge is 0.465 e. The number of carbonyl (C=O) groups is 1. The molecule has 0 bridgehead atoms. The van der Waals surface area contributed by atoms with Crippen LogP contribution in [-0.2, 0) is 9.53 Å². The van der Waals surface area contributed by atoms with E-state index in [9.17, 15) is 4.79 Å². The van der Waals surface area contributed by atoms with Gasteiger partial charge in [0.1, 0.15) is 6.10 Å². The molecule has 0 saturated carbocycles. The van der Waals surface area contributed by atoms with Crippen LogP contribution in [0.15, 0.2) is 30.3 Å². The minimum absolute atomic E-state index is 0.132. The van der Waals surface area contributed by atoms with Crippen LogP contribution < -0.4 is 5.73 Å². The van der Waals surface area contributed by atoms with Crippen LogP contribution >= 0.6 is 0 Å². The molecule has 0 amide bonds. The van der Waals surface area contributed by atoms with Gasteiger partial charge in [0.25, 0.3) is 6.47 Å². The Hall–Kier alpha value is -1.51. The molecule has 0 aliphatic carbocycles. The average Bonchev–Trinajstić information content (AvgIpc) is 2.28. The molecule has 0 heterocycles. The van der Waals surface area contributed by atoms with Gasteiger partial charge in [-0.05, 0) is 25.0 Å². The Morgan fingerprint density at radius 2 is 1.80 bits per heavy atom. The Kier molecular flexibility index (Phi) is 8.15. The normalized spacial score (nSPS) is 9.00. The third kappa shape index (κ3) is 7.55. The fourth-order valence-electron chi connectivity index (χ4n) is 1.01. The van der Waals surface area contributed by atoms with Crippen molar-refractivity contribution in [3.8, 4) is 0 Å². The lowest BCUT2D eigenvalue weighted by Gasteiger charge is -2.07. The van der Waals surface area contributed by atoms with E-state index in [0.717, 1.165) is 18.5 Å². The highest BCUT2D eigenvalue weighted by Crippen LogP contribution is 1.99. The molecule has 0 radical (unpaired) electrons. The van der Waals surface area contributed by atoms with Gasteiger partial charge in [-0.2, -0.15) is 0 Å². The third-order valence-electron chi connectivity index (χ3n) is 1.96. The Morgan fingerprint density at radius 1 is 1.27 bits per heavy atom. The summed E-state index contributed by atoms with van der Waals surface area (Å²) in [4.78, 5) is 9.71. The molecule has 0 fully saturated rings. The Balaban J connectivity index is 0.000000262. The molecule has 3 nitrogen and oxygen atoms in total. The smallest absolute Gasteiger partial charge is 0.293 e. The Bertz CT molecular complexity index is 245. The van der Waals surface area contributed by atoms with E-state index in [1.165, 1.54) is 0 Å². The molecule has 0 aliphatic heterocycles. The second kappa shape index (κ2) is 9.06. The summed E-state index contributed by atoms with van der Waals surface area (Å²) in [7, 11) is 0. The van der Waals surface area contributed by atoms with Gasteiger partial charge in [0.05, 0.1) is 0 Å². The zero-order valence-corrected chi connectivity index (χ0v) is 9.35. The van der Waals surface area contributed by atoms with Gasteiger partial charge in [0, 0.05) is 5.69 Å². The second-order valence-corrected chi connectivity index (χ2v) is 3.08. The van der Waals surface area contributed by atoms with E-state index < -0.39 is 0 Å². The number of benzene rings is 1. The SMILES string of the molecule is CCC(CC)OC=O.Nc1ccccc1. The van der Waals surface area contributed by atoms with Gasteiger partial charge in [-0.3, -0.25) is 4.79 Å². The zero-order chi connectivity index (χ0) is 11.5. The van der Waals surface area contributed by atoms with Crippen LogP contribution in [0.3, 0.4) is 0 Å². The zero-order valence-electron chi connectivity index (χ0n) is 9.35. The second-order valence-electron chi connectivity index (χ2n) is 3.08. The fourth-order valence-corrected chi connectivity index (χ4v) is 1.01. The maximum atomic E-state index is 9.71. The van der Waals surface area contributed by atoms with Crippen molar-refractivity contribution in [1.82, 2.24) is 0 Å². The number of rotatable bonds is 4. The summed E-state index contributed by atoms with van der Waals surface area (Å²) in [6.07, 6.45) is 1.96. The first kappa shape index (κ1) is 13.5. The van der Waals surface area contributed by atoms with Crippen molar-refractivity contribution < 1.29 is 9.53 Å². The van der Waals surface area contributed by atoms with Gasteiger partial charge in [-0.15, -0.1) is 0 Å². The van der Waals surface area contributed by atoms with Gasteiger partial charge < -0.3 is 10.5 Å². The number of anilines is 1. The molecule has 0 saturated heterocycles. The van der Waals surface area contributed by atoms with E-state index in [1.54, 1.807) is 0 Å². The summed E-state index contributed by atoms with van der Waals surface area (Å²) < 4.78 is 4.66. The van der Waals surface area contributed by atoms with Gasteiger partial charge in [0.2, 0.25) is 0 Å². The van der Waals surface area contributed by atoms with Crippen molar-refractivity contribution >= 4 is 12.2 Å². The maximum absolute atomic E-state index is 9.71. The molecule has 1 aromatic rings. The number of nitrogens with two attached hydrogens (primary N) is 1. The number of hydrogen-bond acceptors (Lipinski definition) is 3. The molecule has 1 rings (SSSR count). The lowest BCUT2D eigenvalue weighted by molar-refractivity contribution is -0.133. The molecule has 0 aromatic heterocycles. The molecule has 15 heavy (non-hydrogen) atoms. The highest BCUT2D eigenvalue weighted by atomic mass is 16.5. The lowest BCUT2D eigenvalue weighted by atomic mass is 10.2. The number of nitrogen functional groups attached to an aromatic ring is 1. The van der Waals surface area contributed by atoms with Crippen LogP contribution in [0.25, 0.3) is 0 Å². The van der Waals surface area contributed by atoms with Gasteiger partial charge >= 0.3 is 0 Å². The van der Waals surface area contributed by atoms with E-state index in [4.69, 9.17) is 5.73 Å². The summed E-state index contributed by atoms with van der Waals surface area (Å²) in [5, 5.41) is 0. The standard InChI is InChI=1S/C6H7N.C6H12O2/c7-6-4-2-1-3-5-6;1-3-6(4-2)8-5-7/h1-5H,7H2;5-6H,3-4H2,1-2H3. The van der Waals surface area contributed by atoms with Gasteiger partial charge in [-0.25, -0.2) is 0 Å². The van der Waals surface area contributed by atoms with Crippen molar-refractivity contribution in [2.24, 2.45) is 0 Å². The quantitative estimate of drug-likeness (QED) is 0.612. The van der Waals surface area contributed by atoms with Crippen molar-refractivity contribution in [1.29, 1.82) is 0 Å². The maximum Gasteiger partial charge on any atom is 0.293 e. The lowest BCUT2D eigenvalue weighted by Crippen LogP contribution is -2.07. The molecule has 1 aromatic carbocycles. The highest BCUT2D eigenvalue weighted by molar-refractivity contribution is 5.37. The van der Waals surface area contributed by atoms with Crippen LogP contribution in [-0.4, -0.2) is 12.6 Å². The molecule has 0 spiro atoms. The number of para-hydroxylation sites is 1. The molecular formula is C12H19NO2. The molecule has 0 atom stereocenters. The predicted molar refractivity (Wildman–Crippen MR) is 62.4 cm³/mol. The minimum Gasteiger partial charge on any atom is -0.465 e.